The maximum Gasteiger partial charge on any atom is 0.224 e. The molecule has 0 saturated heterocycles. The highest BCUT2D eigenvalue weighted by Gasteiger charge is 2.04. The fourth-order valence-electron chi connectivity index (χ4n) is 2.13. The Morgan fingerprint density at radius 1 is 1.04 bits per heavy atom. The zero-order chi connectivity index (χ0) is 16.5. The predicted octanol–water partition coefficient (Wildman–Crippen LogP) is 3.47. The Labute approximate surface area is 137 Å². The molecule has 0 spiro atoms. The molecule has 0 aliphatic heterocycles. The first-order valence-electron chi connectivity index (χ1n) is 7.89. The Kier molecular flexibility index (Phi) is 6.78. The molecular formula is C19H24N2O2. The maximum atomic E-state index is 11.7. The molecule has 0 bridgehead atoms. The van der Waals surface area contributed by atoms with Gasteiger partial charge in [0.15, 0.2) is 0 Å². The minimum Gasteiger partial charge on any atom is -0.372 e. The Hall–Kier alpha value is -2.17. The molecule has 0 fully saturated rings. The second-order valence-corrected chi connectivity index (χ2v) is 5.74. The number of hydrogen-bond acceptors (Lipinski definition) is 3. The lowest BCUT2D eigenvalue weighted by atomic mass is 10.2. The molecule has 0 aromatic heterocycles. The van der Waals surface area contributed by atoms with Gasteiger partial charge in [0.25, 0.3) is 0 Å². The first-order chi connectivity index (χ1) is 11.1. The molecule has 0 heterocycles. The lowest BCUT2D eigenvalue weighted by molar-refractivity contribution is -0.116. The van der Waals surface area contributed by atoms with Crippen molar-refractivity contribution >= 4 is 11.6 Å². The fourth-order valence-corrected chi connectivity index (χ4v) is 2.13. The third-order valence-corrected chi connectivity index (χ3v) is 3.44. The SMILES string of the molecule is CC(N)CCC(=O)Nc1ccc(COCc2ccccc2)cc1. The molecule has 122 valence electrons. The summed E-state index contributed by atoms with van der Waals surface area (Å²) in [5, 5.41) is 2.87. The van der Waals surface area contributed by atoms with E-state index in [0.29, 0.717) is 26.1 Å². The fraction of sp³-hybridized carbons (Fsp3) is 0.316. The number of amides is 1. The van der Waals surface area contributed by atoms with E-state index in [9.17, 15) is 4.79 Å². The van der Waals surface area contributed by atoms with Crippen LogP contribution in [0.4, 0.5) is 5.69 Å². The van der Waals surface area contributed by atoms with Crippen LogP contribution in [0.5, 0.6) is 0 Å². The predicted molar refractivity (Wildman–Crippen MR) is 92.9 cm³/mol. The van der Waals surface area contributed by atoms with Crippen LogP contribution < -0.4 is 11.1 Å². The van der Waals surface area contributed by atoms with Gasteiger partial charge in [0.05, 0.1) is 13.2 Å². The van der Waals surface area contributed by atoms with Gasteiger partial charge in [-0.25, -0.2) is 0 Å². The van der Waals surface area contributed by atoms with Crippen molar-refractivity contribution in [3.8, 4) is 0 Å². The molecular weight excluding hydrogens is 288 g/mol. The summed E-state index contributed by atoms with van der Waals surface area (Å²) in [6.07, 6.45) is 1.14. The topological polar surface area (TPSA) is 64.4 Å². The standard InChI is InChI=1S/C19H24N2O2/c1-15(20)7-12-19(22)21-18-10-8-17(9-11-18)14-23-13-16-5-3-2-4-6-16/h2-6,8-11,15H,7,12-14,20H2,1H3,(H,21,22). The molecule has 2 aromatic carbocycles. The van der Waals surface area contributed by atoms with Crippen LogP contribution >= 0.6 is 0 Å². The zero-order valence-corrected chi connectivity index (χ0v) is 13.5. The van der Waals surface area contributed by atoms with E-state index in [1.807, 2.05) is 61.5 Å². The van der Waals surface area contributed by atoms with E-state index in [1.165, 1.54) is 0 Å². The summed E-state index contributed by atoms with van der Waals surface area (Å²) >= 11 is 0. The molecule has 0 aliphatic rings. The Bertz CT molecular complexity index is 595. The second kappa shape index (κ2) is 9.08. The quantitative estimate of drug-likeness (QED) is 0.784. The van der Waals surface area contributed by atoms with Crippen molar-refractivity contribution in [3.63, 3.8) is 0 Å². The van der Waals surface area contributed by atoms with Gasteiger partial charge in [-0.2, -0.15) is 0 Å². The third kappa shape index (κ3) is 6.63. The average molecular weight is 312 g/mol. The molecule has 1 unspecified atom stereocenters. The molecule has 0 saturated carbocycles. The maximum absolute atomic E-state index is 11.7. The number of anilines is 1. The van der Waals surface area contributed by atoms with Gasteiger partial charge in [-0.05, 0) is 36.6 Å². The van der Waals surface area contributed by atoms with Gasteiger partial charge in [-0.1, -0.05) is 42.5 Å². The van der Waals surface area contributed by atoms with Crippen LogP contribution in [-0.4, -0.2) is 11.9 Å². The van der Waals surface area contributed by atoms with E-state index < -0.39 is 0 Å². The molecule has 1 amide bonds. The lowest BCUT2D eigenvalue weighted by Crippen LogP contribution is -2.19. The monoisotopic (exact) mass is 312 g/mol. The minimum atomic E-state index is -0.00428. The zero-order valence-electron chi connectivity index (χ0n) is 13.5. The van der Waals surface area contributed by atoms with Gasteiger partial charge in [-0.3, -0.25) is 4.79 Å². The minimum absolute atomic E-state index is 0.00428. The molecule has 0 radical (unpaired) electrons. The van der Waals surface area contributed by atoms with Crippen LogP contribution in [0, 0.1) is 0 Å². The number of nitrogens with two attached hydrogens (primary N) is 1. The summed E-state index contributed by atoms with van der Waals surface area (Å²) in [7, 11) is 0. The molecule has 0 aliphatic carbocycles. The molecule has 23 heavy (non-hydrogen) atoms. The number of carbonyl (C=O) groups excluding carboxylic acids is 1. The number of hydrogen-bond donors (Lipinski definition) is 2. The summed E-state index contributed by atoms with van der Waals surface area (Å²) in [5.41, 5.74) is 8.68. The summed E-state index contributed by atoms with van der Waals surface area (Å²) < 4.78 is 5.69. The van der Waals surface area contributed by atoms with Crippen LogP contribution in [0.1, 0.15) is 30.9 Å². The van der Waals surface area contributed by atoms with E-state index in [4.69, 9.17) is 10.5 Å². The first-order valence-corrected chi connectivity index (χ1v) is 7.89. The lowest BCUT2D eigenvalue weighted by Gasteiger charge is -2.08. The van der Waals surface area contributed by atoms with Gasteiger partial charge in [0, 0.05) is 18.2 Å². The summed E-state index contributed by atoms with van der Waals surface area (Å²) in [4.78, 5) is 11.7. The number of ether oxygens (including phenoxy) is 1. The number of carbonyl (C=O) groups is 1. The molecule has 1 atom stereocenters. The van der Waals surface area contributed by atoms with Gasteiger partial charge >= 0.3 is 0 Å². The van der Waals surface area contributed by atoms with E-state index >= 15 is 0 Å². The Morgan fingerprint density at radius 2 is 1.65 bits per heavy atom. The van der Waals surface area contributed by atoms with Gasteiger partial charge in [0.1, 0.15) is 0 Å². The van der Waals surface area contributed by atoms with E-state index in [2.05, 4.69) is 5.32 Å². The molecule has 2 aromatic rings. The van der Waals surface area contributed by atoms with Crippen molar-refractivity contribution in [2.45, 2.75) is 39.0 Å². The largest absolute Gasteiger partial charge is 0.372 e. The highest BCUT2D eigenvalue weighted by Crippen LogP contribution is 2.12. The third-order valence-electron chi connectivity index (χ3n) is 3.44. The van der Waals surface area contributed by atoms with Crippen molar-refractivity contribution in [1.82, 2.24) is 0 Å². The number of rotatable bonds is 8. The van der Waals surface area contributed by atoms with E-state index in [1.54, 1.807) is 0 Å². The summed E-state index contributed by atoms with van der Waals surface area (Å²) in [6, 6.07) is 17.8. The number of benzene rings is 2. The van der Waals surface area contributed by atoms with Gasteiger partial charge in [-0.15, -0.1) is 0 Å². The van der Waals surface area contributed by atoms with Crippen LogP contribution in [-0.2, 0) is 22.7 Å². The smallest absolute Gasteiger partial charge is 0.224 e. The first kappa shape index (κ1) is 17.2. The highest BCUT2D eigenvalue weighted by atomic mass is 16.5. The molecule has 2 rings (SSSR count). The van der Waals surface area contributed by atoms with Crippen LogP contribution in [0.3, 0.4) is 0 Å². The molecule has 4 heteroatoms. The molecule has 3 N–H and O–H groups in total. The van der Waals surface area contributed by atoms with Gasteiger partial charge < -0.3 is 15.8 Å². The van der Waals surface area contributed by atoms with E-state index in [-0.39, 0.29) is 11.9 Å². The van der Waals surface area contributed by atoms with E-state index in [0.717, 1.165) is 16.8 Å². The van der Waals surface area contributed by atoms with Gasteiger partial charge in [0.2, 0.25) is 5.91 Å². The normalized spacial score (nSPS) is 11.9. The van der Waals surface area contributed by atoms with Crippen molar-refractivity contribution in [3.05, 3.63) is 65.7 Å². The van der Waals surface area contributed by atoms with Crippen LogP contribution in [0.15, 0.2) is 54.6 Å². The highest BCUT2D eigenvalue weighted by molar-refractivity contribution is 5.90. The number of nitrogens with one attached hydrogen (secondary N) is 1. The van der Waals surface area contributed by atoms with Crippen LogP contribution in [0.2, 0.25) is 0 Å². The van der Waals surface area contributed by atoms with Crippen molar-refractivity contribution < 1.29 is 9.53 Å². The summed E-state index contributed by atoms with van der Waals surface area (Å²) in [5.74, 6) is -0.00428. The second-order valence-electron chi connectivity index (χ2n) is 5.74. The van der Waals surface area contributed by atoms with Crippen LogP contribution in [0.25, 0.3) is 0 Å². The Morgan fingerprint density at radius 3 is 2.26 bits per heavy atom. The molecule has 4 nitrogen and oxygen atoms in total. The average Bonchev–Trinajstić information content (AvgIpc) is 2.56. The van der Waals surface area contributed by atoms with Crippen molar-refractivity contribution in [1.29, 1.82) is 0 Å². The van der Waals surface area contributed by atoms with Crippen molar-refractivity contribution in [2.24, 2.45) is 5.73 Å². The van der Waals surface area contributed by atoms with Crippen molar-refractivity contribution in [2.75, 3.05) is 5.32 Å². The summed E-state index contributed by atoms with van der Waals surface area (Å²) in [6.45, 7) is 3.04. The Balaban J connectivity index is 1.74.